The van der Waals surface area contributed by atoms with Crippen molar-refractivity contribution >= 4 is 11.9 Å². The molecule has 1 nitrogen and oxygen atoms in total. The zero-order valence-corrected chi connectivity index (χ0v) is 10.6. The lowest BCUT2D eigenvalue weighted by Gasteiger charge is -2.16. The summed E-state index contributed by atoms with van der Waals surface area (Å²) in [4.78, 5) is 10.4. The molecule has 2 aliphatic rings. The molecule has 1 heteroatoms. The molecule has 0 aliphatic heterocycles. The van der Waals surface area contributed by atoms with Gasteiger partial charge in [0.15, 0.2) is 0 Å². The van der Waals surface area contributed by atoms with Crippen molar-refractivity contribution in [1.29, 1.82) is 0 Å². The maximum atomic E-state index is 10.4. The molecule has 3 rings (SSSR count). The molecule has 0 radical (unpaired) electrons. The van der Waals surface area contributed by atoms with Crippen LogP contribution >= 0.6 is 0 Å². The van der Waals surface area contributed by atoms with Crippen LogP contribution in [0.1, 0.15) is 43.2 Å². The Hall–Kier alpha value is -1.63. The predicted molar refractivity (Wildman–Crippen MR) is 74.3 cm³/mol. The zero-order valence-electron chi connectivity index (χ0n) is 10.6. The van der Waals surface area contributed by atoms with Gasteiger partial charge in [0.1, 0.15) is 6.29 Å². The van der Waals surface area contributed by atoms with Gasteiger partial charge in [0.2, 0.25) is 0 Å². The molecule has 1 aromatic rings. The first-order valence-electron chi connectivity index (χ1n) is 6.83. The Morgan fingerprint density at radius 1 is 1.17 bits per heavy atom. The number of unbranched alkanes of at least 4 members (excludes halogenated alkanes) is 1. The molecule has 0 bridgehead atoms. The molecule has 0 atom stereocenters. The Balaban J connectivity index is 1.85. The molecule has 2 aliphatic carbocycles. The lowest BCUT2D eigenvalue weighted by atomic mass is 9.88. The van der Waals surface area contributed by atoms with Crippen molar-refractivity contribution in [3.05, 3.63) is 52.6 Å². The molecule has 0 spiro atoms. The smallest absolute Gasteiger partial charge is 0.120 e. The van der Waals surface area contributed by atoms with Crippen LogP contribution in [0.5, 0.6) is 0 Å². The van der Waals surface area contributed by atoms with Crippen molar-refractivity contribution in [3.8, 4) is 0 Å². The van der Waals surface area contributed by atoms with Crippen LogP contribution in [-0.4, -0.2) is 6.29 Å². The Morgan fingerprint density at radius 2 is 2.06 bits per heavy atom. The normalized spacial score (nSPS) is 17.2. The summed E-state index contributed by atoms with van der Waals surface area (Å²) in [5.74, 6) is 0. The van der Waals surface area contributed by atoms with E-state index < -0.39 is 0 Å². The molecule has 1 aromatic carbocycles. The average Bonchev–Trinajstić information content (AvgIpc) is 2.79. The summed E-state index contributed by atoms with van der Waals surface area (Å²) < 4.78 is 0. The summed E-state index contributed by atoms with van der Waals surface area (Å²) in [5.41, 5.74) is 7.55. The molecule has 0 fully saturated rings. The van der Waals surface area contributed by atoms with Crippen LogP contribution in [0.15, 0.2) is 41.5 Å². The van der Waals surface area contributed by atoms with E-state index in [1.54, 1.807) is 11.1 Å². The minimum Gasteiger partial charge on any atom is -0.303 e. The fraction of sp³-hybridized carbons (Fsp3) is 0.353. The highest BCUT2D eigenvalue weighted by molar-refractivity contribution is 5.81. The number of benzene rings is 1. The van der Waals surface area contributed by atoms with Crippen LogP contribution in [0.3, 0.4) is 0 Å². The van der Waals surface area contributed by atoms with Gasteiger partial charge in [0.25, 0.3) is 0 Å². The molecule has 92 valence electrons. The van der Waals surface area contributed by atoms with E-state index in [2.05, 4.69) is 30.3 Å². The van der Waals surface area contributed by atoms with Crippen molar-refractivity contribution in [2.75, 3.05) is 0 Å². The summed E-state index contributed by atoms with van der Waals surface area (Å²) in [6.07, 6.45) is 9.59. The molecule has 18 heavy (non-hydrogen) atoms. The minimum atomic E-state index is 0.687. The third-order valence-corrected chi connectivity index (χ3v) is 4.01. The number of aldehydes is 1. The molecular formula is C17H18O. The van der Waals surface area contributed by atoms with Crippen molar-refractivity contribution in [3.63, 3.8) is 0 Å². The largest absolute Gasteiger partial charge is 0.303 e. The van der Waals surface area contributed by atoms with Crippen LogP contribution in [-0.2, 0) is 11.2 Å². The van der Waals surface area contributed by atoms with E-state index in [-0.39, 0.29) is 0 Å². The van der Waals surface area contributed by atoms with Gasteiger partial charge >= 0.3 is 0 Å². The number of carbonyl (C=O) groups excluding carboxylic acids is 1. The molecule has 0 saturated heterocycles. The fourth-order valence-electron chi connectivity index (χ4n) is 3.16. The number of fused-ring (bicyclic) bond motifs is 2. The van der Waals surface area contributed by atoms with E-state index in [0.29, 0.717) is 6.42 Å². The number of hydrogen-bond acceptors (Lipinski definition) is 1. The first-order chi connectivity index (χ1) is 8.90. The molecule has 0 unspecified atom stereocenters. The van der Waals surface area contributed by atoms with Gasteiger partial charge < -0.3 is 4.79 Å². The lowest BCUT2D eigenvalue weighted by Crippen LogP contribution is -1.98. The first-order valence-corrected chi connectivity index (χ1v) is 6.83. The van der Waals surface area contributed by atoms with Crippen LogP contribution < -0.4 is 0 Å². The van der Waals surface area contributed by atoms with E-state index in [0.717, 1.165) is 32.0 Å². The lowest BCUT2D eigenvalue weighted by molar-refractivity contribution is -0.107. The highest BCUT2D eigenvalue weighted by Crippen LogP contribution is 2.42. The van der Waals surface area contributed by atoms with Crippen LogP contribution in [0, 0.1) is 0 Å². The van der Waals surface area contributed by atoms with E-state index in [9.17, 15) is 4.79 Å². The quantitative estimate of drug-likeness (QED) is 0.570. The first kappa shape index (κ1) is 11.5. The van der Waals surface area contributed by atoms with Gasteiger partial charge in [-0.1, -0.05) is 30.3 Å². The van der Waals surface area contributed by atoms with Gasteiger partial charge in [-0.3, -0.25) is 0 Å². The molecule has 0 aromatic heterocycles. The van der Waals surface area contributed by atoms with Gasteiger partial charge in [0, 0.05) is 6.42 Å². The highest BCUT2D eigenvalue weighted by Gasteiger charge is 2.24. The monoisotopic (exact) mass is 238 g/mol. The summed E-state index contributed by atoms with van der Waals surface area (Å²) in [6, 6.07) is 8.77. The van der Waals surface area contributed by atoms with Crippen LogP contribution in [0.2, 0.25) is 0 Å². The van der Waals surface area contributed by atoms with Gasteiger partial charge in [-0.15, -0.1) is 0 Å². The molecule has 0 N–H and O–H groups in total. The van der Waals surface area contributed by atoms with E-state index in [4.69, 9.17) is 0 Å². The second-order valence-electron chi connectivity index (χ2n) is 5.12. The Morgan fingerprint density at radius 3 is 2.94 bits per heavy atom. The van der Waals surface area contributed by atoms with E-state index >= 15 is 0 Å². The third-order valence-electron chi connectivity index (χ3n) is 4.01. The van der Waals surface area contributed by atoms with Crippen molar-refractivity contribution in [2.45, 2.75) is 38.5 Å². The van der Waals surface area contributed by atoms with Crippen molar-refractivity contribution in [1.82, 2.24) is 0 Å². The van der Waals surface area contributed by atoms with Gasteiger partial charge in [-0.05, 0) is 60.0 Å². The standard InChI is InChI=1S/C17H18O/c18-11-4-3-6-13-8-5-10-16-15-9-2-1-7-14(15)12-17(13)16/h1-2,7-9,11H,3-6,10,12H2. The Kier molecular flexibility index (Phi) is 3.14. The van der Waals surface area contributed by atoms with E-state index in [1.807, 2.05) is 0 Å². The molecule has 0 amide bonds. The summed E-state index contributed by atoms with van der Waals surface area (Å²) in [7, 11) is 0. The molecule has 0 heterocycles. The summed E-state index contributed by atoms with van der Waals surface area (Å²) >= 11 is 0. The second-order valence-corrected chi connectivity index (χ2v) is 5.12. The number of carbonyl (C=O) groups is 1. The van der Waals surface area contributed by atoms with Crippen molar-refractivity contribution < 1.29 is 4.79 Å². The third kappa shape index (κ3) is 1.94. The maximum Gasteiger partial charge on any atom is 0.120 e. The summed E-state index contributed by atoms with van der Waals surface area (Å²) in [5, 5.41) is 0. The second kappa shape index (κ2) is 4.93. The number of allylic oxidation sites excluding steroid dienone is 4. The van der Waals surface area contributed by atoms with Crippen molar-refractivity contribution in [2.24, 2.45) is 0 Å². The minimum absolute atomic E-state index is 0.687. The molecule has 0 saturated carbocycles. The van der Waals surface area contributed by atoms with Crippen LogP contribution in [0.25, 0.3) is 5.57 Å². The fourth-order valence-corrected chi connectivity index (χ4v) is 3.16. The van der Waals surface area contributed by atoms with Gasteiger partial charge in [-0.25, -0.2) is 0 Å². The summed E-state index contributed by atoms with van der Waals surface area (Å²) in [6.45, 7) is 0. The Bertz CT molecular complexity index is 534. The number of rotatable bonds is 4. The van der Waals surface area contributed by atoms with Gasteiger partial charge in [-0.2, -0.15) is 0 Å². The highest BCUT2D eigenvalue weighted by atomic mass is 16.1. The SMILES string of the molecule is O=CCCCC1=CCCC2=C1Cc1ccccc12. The molecular weight excluding hydrogens is 220 g/mol. The van der Waals surface area contributed by atoms with E-state index in [1.165, 1.54) is 23.1 Å². The Labute approximate surface area is 108 Å². The predicted octanol–water partition coefficient (Wildman–Crippen LogP) is 4.09. The zero-order chi connectivity index (χ0) is 12.4. The number of hydrogen-bond donors (Lipinski definition) is 0. The maximum absolute atomic E-state index is 10.4. The van der Waals surface area contributed by atoms with Crippen LogP contribution in [0.4, 0.5) is 0 Å². The average molecular weight is 238 g/mol. The topological polar surface area (TPSA) is 17.1 Å². The van der Waals surface area contributed by atoms with Gasteiger partial charge in [0.05, 0.1) is 0 Å².